The van der Waals surface area contributed by atoms with Gasteiger partial charge in [0.05, 0.1) is 7.11 Å². The Kier molecular flexibility index (Phi) is 9.66. The molecule has 18 heavy (non-hydrogen) atoms. The van der Waals surface area contributed by atoms with Gasteiger partial charge in [0.25, 0.3) is 0 Å². The number of nitrogens with two attached hydrogens (primary N) is 1. The second-order valence-electron chi connectivity index (χ2n) is 4.65. The number of hydrogen-bond acceptors (Lipinski definition) is 5. The minimum Gasteiger partial charge on any atom is -0.467 e. The average Bonchev–Trinajstić information content (AvgIpc) is 2.20. The van der Waals surface area contributed by atoms with Gasteiger partial charge in [-0.05, 0) is 40.2 Å². The van der Waals surface area contributed by atoms with Gasteiger partial charge in [0.2, 0.25) is 0 Å². The van der Waals surface area contributed by atoms with E-state index < -0.39 is 23.7 Å². The van der Waals surface area contributed by atoms with Crippen molar-refractivity contribution in [2.24, 2.45) is 5.73 Å². The van der Waals surface area contributed by atoms with Crippen molar-refractivity contribution in [2.45, 2.75) is 45.3 Å². The summed E-state index contributed by atoms with van der Waals surface area (Å²) in [4.78, 5) is 22.9. The van der Waals surface area contributed by atoms with E-state index in [0.717, 1.165) is 0 Å². The van der Waals surface area contributed by atoms with E-state index in [9.17, 15) is 9.59 Å². The van der Waals surface area contributed by atoms with Crippen molar-refractivity contribution in [3.8, 4) is 0 Å². The summed E-state index contributed by atoms with van der Waals surface area (Å²) in [5.74, 6) is -0.496. The van der Waals surface area contributed by atoms with E-state index in [2.05, 4.69) is 10.1 Å². The van der Waals surface area contributed by atoms with E-state index in [1.54, 1.807) is 20.8 Å². The molecule has 0 fully saturated rings. The molecular formula is C11H23ClN2O4. The first-order chi connectivity index (χ1) is 7.80. The molecule has 0 aromatic carbocycles. The number of nitrogens with one attached hydrogen (secondary N) is 1. The fourth-order valence-electron chi connectivity index (χ4n) is 1.16. The van der Waals surface area contributed by atoms with Crippen LogP contribution in [-0.4, -0.2) is 37.4 Å². The summed E-state index contributed by atoms with van der Waals surface area (Å²) in [5.41, 5.74) is 4.76. The molecule has 0 radical (unpaired) electrons. The van der Waals surface area contributed by atoms with E-state index in [-0.39, 0.29) is 12.4 Å². The summed E-state index contributed by atoms with van der Waals surface area (Å²) < 4.78 is 9.64. The first kappa shape index (κ1) is 19.3. The lowest BCUT2D eigenvalue weighted by Crippen LogP contribution is -2.44. The maximum Gasteiger partial charge on any atom is 0.408 e. The zero-order valence-electron chi connectivity index (χ0n) is 11.3. The van der Waals surface area contributed by atoms with Gasteiger partial charge in [0, 0.05) is 0 Å². The minimum atomic E-state index is -0.710. The maximum absolute atomic E-state index is 11.5. The molecular weight excluding hydrogens is 260 g/mol. The molecule has 0 aliphatic heterocycles. The first-order valence-corrected chi connectivity index (χ1v) is 5.57. The van der Waals surface area contributed by atoms with E-state index in [1.165, 1.54) is 7.11 Å². The van der Waals surface area contributed by atoms with Gasteiger partial charge in [-0.15, -0.1) is 12.4 Å². The minimum absolute atomic E-state index is 0. The lowest BCUT2D eigenvalue weighted by atomic mass is 10.1. The van der Waals surface area contributed by atoms with E-state index in [4.69, 9.17) is 10.5 Å². The highest BCUT2D eigenvalue weighted by atomic mass is 35.5. The van der Waals surface area contributed by atoms with Crippen LogP contribution in [0.5, 0.6) is 0 Å². The first-order valence-electron chi connectivity index (χ1n) is 5.57. The molecule has 6 nitrogen and oxygen atoms in total. The van der Waals surface area contributed by atoms with Gasteiger partial charge in [-0.1, -0.05) is 0 Å². The molecule has 0 unspecified atom stereocenters. The van der Waals surface area contributed by atoms with Crippen LogP contribution in [0.1, 0.15) is 33.6 Å². The number of ether oxygens (including phenoxy) is 2. The third-order valence-electron chi connectivity index (χ3n) is 1.87. The summed E-state index contributed by atoms with van der Waals surface area (Å²) in [6.07, 6.45) is 0.419. The normalized spacial score (nSPS) is 12.1. The summed E-state index contributed by atoms with van der Waals surface area (Å²) in [6, 6.07) is -0.710. The fourth-order valence-corrected chi connectivity index (χ4v) is 1.16. The molecule has 0 rings (SSSR count). The van der Waals surface area contributed by atoms with Gasteiger partial charge in [0.15, 0.2) is 0 Å². The Bertz CT molecular complexity index is 266. The van der Waals surface area contributed by atoms with Crippen LogP contribution in [0.15, 0.2) is 0 Å². The van der Waals surface area contributed by atoms with Gasteiger partial charge in [0.1, 0.15) is 11.6 Å². The predicted molar refractivity (Wildman–Crippen MR) is 70.7 cm³/mol. The molecule has 0 saturated carbocycles. The summed E-state index contributed by atoms with van der Waals surface area (Å²) in [6.45, 7) is 5.70. The number of carbonyl (C=O) groups excluding carboxylic acids is 2. The molecule has 0 aromatic heterocycles. The zero-order chi connectivity index (χ0) is 13.5. The molecule has 0 aromatic rings. The fraction of sp³-hybridized carbons (Fsp3) is 0.818. The maximum atomic E-state index is 11.5. The van der Waals surface area contributed by atoms with Gasteiger partial charge in [-0.25, -0.2) is 9.59 Å². The molecule has 108 valence electrons. The Morgan fingerprint density at radius 3 is 2.28 bits per heavy atom. The highest BCUT2D eigenvalue weighted by Gasteiger charge is 2.24. The van der Waals surface area contributed by atoms with Crippen molar-refractivity contribution in [1.82, 2.24) is 5.32 Å². The molecule has 7 heteroatoms. The van der Waals surface area contributed by atoms with Gasteiger partial charge in [-0.3, -0.25) is 0 Å². The van der Waals surface area contributed by atoms with Crippen LogP contribution in [0.3, 0.4) is 0 Å². The van der Waals surface area contributed by atoms with E-state index in [0.29, 0.717) is 19.4 Å². The molecule has 3 N–H and O–H groups in total. The van der Waals surface area contributed by atoms with Crippen LogP contribution in [0.2, 0.25) is 0 Å². The summed E-state index contributed by atoms with van der Waals surface area (Å²) in [5, 5.41) is 2.47. The van der Waals surface area contributed by atoms with Crippen molar-refractivity contribution in [1.29, 1.82) is 0 Å². The van der Waals surface area contributed by atoms with Gasteiger partial charge in [-0.2, -0.15) is 0 Å². The van der Waals surface area contributed by atoms with Crippen LogP contribution in [0.25, 0.3) is 0 Å². The molecule has 1 atom stereocenters. The number of halogens is 1. The zero-order valence-corrected chi connectivity index (χ0v) is 12.1. The SMILES string of the molecule is COC(=O)[C@H](CCCN)NC(=O)OC(C)(C)C.Cl. The number of alkyl carbamates (subject to hydrolysis) is 1. The van der Waals surface area contributed by atoms with Crippen LogP contribution < -0.4 is 11.1 Å². The smallest absolute Gasteiger partial charge is 0.408 e. The number of hydrogen-bond donors (Lipinski definition) is 2. The van der Waals surface area contributed by atoms with E-state index >= 15 is 0 Å². The second-order valence-corrected chi connectivity index (χ2v) is 4.65. The van der Waals surface area contributed by atoms with Crippen LogP contribution in [0, 0.1) is 0 Å². The highest BCUT2D eigenvalue weighted by Crippen LogP contribution is 2.08. The Morgan fingerprint density at radius 2 is 1.89 bits per heavy atom. The Labute approximate surface area is 114 Å². The van der Waals surface area contributed by atoms with Crippen molar-refractivity contribution in [3.05, 3.63) is 0 Å². The molecule has 0 aliphatic carbocycles. The number of carbonyl (C=O) groups is 2. The number of methoxy groups -OCH3 is 1. The summed E-state index contributed by atoms with van der Waals surface area (Å²) >= 11 is 0. The lowest BCUT2D eigenvalue weighted by Gasteiger charge is -2.22. The van der Waals surface area contributed by atoms with Crippen LogP contribution in [-0.2, 0) is 14.3 Å². The second kappa shape index (κ2) is 8.99. The largest absolute Gasteiger partial charge is 0.467 e. The van der Waals surface area contributed by atoms with Crippen molar-refractivity contribution in [2.75, 3.05) is 13.7 Å². The quantitative estimate of drug-likeness (QED) is 0.740. The summed E-state index contributed by atoms with van der Waals surface area (Å²) in [7, 11) is 1.27. The molecule has 0 bridgehead atoms. The number of amides is 1. The third kappa shape index (κ3) is 9.07. The number of esters is 1. The molecule has 0 spiro atoms. The van der Waals surface area contributed by atoms with Gasteiger partial charge >= 0.3 is 12.1 Å². The highest BCUT2D eigenvalue weighted by molar-refractivity contribution is 5.85. The van der Waals surface area contributed by atoms with Crippen LogP contribution in [0.4, 0.5) is 4.79 Å². The monoisotopic (exact) mass is 282 g/mol. The number of rotatable bonds is 5. The van der Waals surface area contributed by atoms with E-state index in [1.807, 2.05) is 0 Å². The van der Waals surface area contributed by atoms with Crippen molar-refractivity contribution < 1.29 is 19.1 Å². The Morgan fingerprint density at radius 1 is 1.33 bits per heavy atom. The van der Waals surface area contributed by atoms with Gasteiger partial charge < -0.3 is 20.5 Å². The lowest BCUT2D eigenvalue weighted by molar-refractivity contribution is -0.143. The molecule has 0 saturated heterocycles. The molecule has 0 aliphatic rings. The molecule has 0 heterocycles. The Balaban J connectivity index is 0. The average molecular weight is 283 g/mol. The predicted octanol–water partition coefficient (Wildman–Crippen LogP) is 1.21. The van der Waals surface area contributed by atoms with Crippen molar-refractivity contribution >= 4 is 24.5 Å². The third-order valence-corrected chi connectivity index (χ3v) is 1.87. The Hall–Kier alpha value is -1.01. The standard InChI is InChI=1S/C11H22N2O4.ClH/c1-11(2,3)17-10(15)13-8(6-5-7-12)9(14)16-4;/h8H,5-7,12H2,1-4H3,(H,13,15);1H/t8-;/m0./s1. The molecule has 1 amide bonds. The topological polar surface area (TPSA) is 90.6 Å². The van der Waals surface area contributed by atoms with Crippen molar-refractivity contribution in [3.63, 3.8) is 0 Å². The van der Waals surface area contributed by atoms with Crippen LogP contribution >= 0.6 is 12.4 Å².